The second kappa shape index (κ2) is 5.35. The van der Waals surface area contributed by atoms with Crippen molar-refractivity contribution in [1.29, 1.82) is 0 Å². The summed E-state index contributed by atoms with van der Waals surface area (Å²) in [7, 11) is 1.93. The van der Waals surface area contributed by atoms with E-state index >= 15 is 0 Å². The van der Waals surface area contributed by atoms with Crippen molar-refractivity contribution in [3.05, 3.63) is 11.9 Å². The molecule has 19 heavy (non-hydrogen) atoms. The van der Waals surface area contributed by atoms with E-state index in [2.05, 4.69) is 28.2 Å². The molecular formula is C15H24N4. The van der Waals surface area contributed by atoms with Crippen LogP contribution in [0.5, 0.6) is 0 Å². The molecule has 4 heteroatoms. The zero-order chi connectivity index (χ0) is 13.2. The number of anilines is 2. The van der Waals surface area contributed by atoms with Gasteiger partial charge in [0.1, 0.15) is 17.5 Å². The Morgan fingerprint density at radius 3 is 2.89 bits per heavy atom. The van der Waals surface area contributed by atoms with E-state index in [9.17, 15) is 0 Å². The van der Waals surface area contributed by atoms with Crippen LogP contribution in [-0.4, -0.2) is 29.6 Å². The molecule has 1 aromatic rings. The SMILES string of the molecule is CCc1nc(NC)cc(N2CCC3CCCCC32)n1. The van der Waals surface area contributed by atoms with Gasteiger partial charge in [0.2, 0.25) is 0 Å². The number of nitrogens with zero attached hydrogens (tertiary/aromatic N) is 3. The monoisotopic (exact) mass is 260 g/mol. The molecule has 2 aliphatic rings. The van der Waals surface area contributed by atoms with Crippen LogP contribution in [-0.2, 0) is 6.42 Å². The van der Waals surface area contributed by atoms with Gasteiger partial charge < -0.3 is 10.2 Å². The third-order valence-electron chi connectivity index (χ3n) is 4.64. The van der Waals surface area contributed by atoms with Crippen LogP contribution in [0.2, 0.25) is 0 Å². The molecule has 1 saturated carbocycles. The fraction of sp³-hybridized carbons (Fsp3) is 0.733. The Kier molecular flexibility index (Phi) is 3.58. The van der Waals surface area contributed by atoms with E-state index in [0.717, 1.165) is 35.8 Å². The molecule has 1 aliphatic heterocycles. The van der Waals surface area contributed by atoms with Crippen molar-refractivity contribution in [2.45, 2.75) is 51.5 Å². The van der Waals surface area contributed by atoms with Crippen LogP contribution in [0.3, 0.4) is 0 Å². The highest BCUT2D eigenvalue weighted by Crippen LogP contribution is 2.38. The minimum absolute atomic E-state index is 0.720. The van der Waals surface area contributed by atoms with Crippen molar-refractivity contribution in [2.24, 2.45) is 5.92 Å². The van der Waals surface area contributed by atoms with E-state index in [1.165, 1.54) is 38.6 Å². The molecule has 2 atom stereocenters. The Labute approximate surface area is 115 Å². The van der Waals surface area contributed by atoms with Gasteiger partial charge in [-0.05, 0) is 25.2 Å². The van der Waals surface area contributed by atoms with Gasteiger partial charge in [-0.1, -0.05) is 19.8 Å². The zero-order valence-electron chi connectivity index (χ0n) is 12.0. The number of hydrogen-bond acceptors (Lipinski definition) is 4. The molecule has 2 heterocycles. The Morgan fingerprint density at radius 2 is 2.11 bits per heavy atom. The first kappa shape index (κ1) is 12.7. The van der Waals surface area contributed by atoms with E-state index in [0.29, 0.717) is 0 Å². The Bertz CT molecular complexity index is 424. The first-order valence-corrected chi connectivity index (χ1v) is 7.64. The Morgan fingerprint density at radius 1 is 1.26 bits per heavy atom. The van der Waals surface area contributed by atoms with Gasteiger partial charge >= 0.3 is 0 Å². The smallest absolute Gasteiger partial charge is 0.134 e. The van der Waals surface area contributed by atoms with Crippen molar-refractivity contribution >= 4 is 11.6 Å². The maximum atomic E-state index is 4.75. The first-order valence-electron chi connectivity index (χ1n) is 7.64. The maximum absolute atomic E-state index is 4.75. The molecule has 1 aromatic heterocycles. The standard InChI is InChI=1S/C15H24N4/c1-3-13-17-14(16-2)10-15(18-13)19-9-8-11-6-4-5-7-12(11)19/h10-12H,3-9H2,1-2H3,(H,16,17,18). The molecule has 104 valence electrons. The van der Waals surface area contributed by atoms with Crippen LogP contribution in [0.4, 0.5) is 11.6 Å². The highest BCUT2D eigenvalue weighted by Gasteiger charge is 2.36. The molecule has 3 rings (SSSR count). The average molecular weight is 260 g/mol. The first-order chi connectivity index (χ1) is 9.31. The maximum Gasteiger partial charge on any atom is 0.134 e. The van der Waals surface area contributed by atoms with Crippen molar-refractivity contribution in [3.8, 4) is 0 Å². The number of aromatic nitrogens is 2. The average Bonchev–Trinajstić information content (AvgIpc) is 2.90. The summed E-state index contributed by atoms with van der Waals surface area (Å²) in [6.45, 7) is 3.28. The second-order valence-corrected chi connectivity index (χ2v) is 5.73. The molecule has 0 spiro atoms. The number of fused-ring (bicyclic) bond motifs is 1. The zero-order valence-corrected chi connectivity index (χ0v) is 12.0. The number of rotatable bonds is 3. The van der Waals surface area contributed by atoms with Crippen molar-refractivity contribution in [1.82, 2.24) is 9.97 Å². The largest absolute Gasteiger partial charge is 0.373 e. The molecule has 0 aromatic carbocycles. The molecule has 0 radical (unpaired) electrons. The molecule has 1 N–H and O–H groups in total. The highest BCUT2D eigenvalue weighted by atomic mass is 15.2. The fourth-order valence-electron chi connectivity index (χ4n) is 3.61. The summed E-state index contributed by atoms with van der Waals surface area (Å²) < 4.78 is 0. The number of hydrogen-bond donors (Lipinski definition) is 1. The fourth-order valence-corrected chi connectivity index (χ4v) is 3.61. The summed E-state index contributed by atoms with van der Waals surface area (Å²) in [5.74, 6) is 3.92. The Balaban J connectivity index is 1.88. The number of aryl methyl sites for hydroxylation is 1. The van der Waals surface area contributed by atoms with Gasteiger partial charge in [0.05, 0.1) is 0 Å². The van der Waals surface area contributed by atoms with Crippen LogP contribution < -0.4 is 10.2 Å². The lowest BCUT2D eigenvalue weighted by atomic mass is 9.85. The van der Waals surface area contributed by atoms with Crippen LogP contribution in [0.1, 0.15) is 44.9 Å². The van der Waals surface area contributed by atoms with Crippen LogP contribution >= 0.6 is 0 Å². The summed E-state index contributed by atoms with van der Waals surface area (Å²) in [5, 5.41) is 3.16. The van der Waals surface area contributed by atoms with E-state index in [4.69, 9.17) is 4.98 Å². The lowest BCUT2D eigenvalue weighted by molar-refractivity contribution is 0.341. The van der Waals surface area contributed by atoms with E-state index in [1.54, 1.807) is 0 Å². The minimum Gasteiger partial charge on any atom is -0.373 e. The lowest BCUT2D eigenvalue weighted by Gasteiger charge is -2.32. The van der Waals surface area contributed by atoms with Crippen LogP contribution in [0, 0.1) is 5.92 Å². The molecular weight excluding hydrogens is 236 g/mol. The topological polar surface area (TPSA) is 41.1 Å². The molecule has 4 nitrogen and oxygen atoms in total. The van der Waals surface area contributed by atoms with Gasteiger partial charge in [0, 0.05) is 32.1 Å². The van der Waals surface area contributed by atoms with Crippen molar-refractivity contribution in [3.63, 3.8) is 0 Å². The quantitative estimate of drug-likeness (QED) is 0.907. The molecule has 2 fully saturated rings. The Hall–Kier alpha value is -1.32. The van der Waals surface area contributed by atoms with Crippen molar-refractivity contribution in [2.75, 3.05) is 23.8 Å². The van der Waals surface area contributed by atoms with Gasteiger partial charge in [-0.15, -0.1) is 0 Å². The van der Waals surface area contributed by atoms with E-state index in [1.807, 2.05) is 7.05 Å². The third kappa shape index (κ3) is 2.40. The van der Waals surface area contributed by atoms with Crippen molar-refractivity contribution < 1.29 is 0 Å². The molecule has 2 unspecified atom stereocenters. The predicted molar refractivity (Wildman–Crippen MR) is 78.7 cm³/mol. The molecule has 1 aliphatic carbocycles. The van der Waals surface area contributed by atoms with Gasteiger partial charge in [0.25, 0.3) is 0 Å². The van der Waals surface area contributed by atoms with Crippen LogP contribution in [0.15, 0.2) is 6.07 Å². The van der Waals surface area contributed by atoms with E-state index < -0.39 is 0 Å². The summed E-state index contributed by atoms with van der Waals surface area (Å²) in [6, 6.07) is 2.83. The summed E-state index contributed by atoms with van der Waals surface area (Å²) in [6.07, 6.45) is 7.77. The third-order valence-corrected chi connectivity index (χ3v) is 4.64. The highest BCUT2D eigenvalue weighted by molar-refractivity contribution is 5.51. The lowest BCUT2D eigenvalue weighted by Crippen LogP contribution is -2.35. The van der Waals surface area contributed by atoms with Gasteiger partial charge in [-0.2, -0.15) is 0 Å². The predicted octanol–water partition coefficient (Wildman–Crippen LogP) is 2.85. The van der Waals surface area contributed by atoms with Gasteiger partial charge in [-0.3, -0.25) is 0 Å². The number of nitrogens with one attached hydrogen (secondary N) is 1. The van der Waals surface area contributed by atoms with Crippen LogP contribution in [0.25, 0.3) is 0 Å². The summed E-state index contributed by atoms with van der Waals surface area (Å²) in [4.78, 5) is 11.8. The second-order valence-electron chi connectivity index (χ2n) is 5.73. The van der Waals surface area contributed by atoms with Gasteiger partial charge in [-0.25, -0.2) is 9.97 Å². The summed E-state index contributed by atoms with van der Waals surface area (Å²) in [5.41, 5.74) is 0. The normalized spacial score (nSPS) is 26.3. The molecule has 0 amide bonds. The minimum atomic E-state index is 0.720. The summed E-state index contributed by atoms with van der Waals surface area (Å²) >= 11 is 0. The van der Waals surface area contributed by atoms with Gasteiger partial charge in [0.15, 0.2) is 0 Å². The molecule has 1 saturated heterocycles. The molecule has 0 bridgehead atoms. The van der Waals surface area contributed by atoms with E-state index in [-0.39, 0.29) is 0 Å².